The lowest BCUT2D eigenvalue weighted by atomic mass is 9.90. The van der Waals surface area contributed by atoms with Gasteiger partial charge in [-0.1, -0.05) is 19.9 Å². The van der Waals surface area contributed by atoms with Gasteiger partial charge in [0.1, 0.15) is 5.78 Å². The van der Waals surface area contributed by atoms with E-state index in [0.717, 1.165) is 12.8 Å². The van der Waals surface area contributed by atoms with E-state index in [1.807, 2.05) is 6.08 Å². The molecule has 2 aliphatic carbocycles. The van der Waals surface area contributed by atoms with E-state index in [4.69, 9.17) is 0 Å². The Balaban J connectivity index is 2.06. The van der Waals surface area contributed by atoms with E-state index in [9.17, 15) is 4.79 Å². The topological polar surface area (TPSA) is 17.1 Å². The molecule has 1 nitrogen and oxygen atoms in total. The highest BCUT2D eigenvalue weighted by Gasteiger charge is 2.66. The second kappa shape index (κ2) is 2.21. The Hall–Kier alpha value is -0.590. The fourth-order valence-corrected chi connectivity index (χ4v) is 2.84. The Morgan fingerprint density at radius 2 is 2.33 bits per heavy atom. The molecule has 2 rings (SSSR count). The number of fused-ring (bicyclic) bond motifs is 1. The van der Waals surface area contributed by atoms with Crippen LogP contribution in [0.5, 0.6) is 0 Å². The van der Waals surface area contributed by atoms with E-state index in [-0.39, 0.29) is 0 Å². The number of hydrogen-bond donors (Lipinski definition) is 0. The number of Topliss-reactive ketones (excluding diaryl/α,β-unsaturated/α-hetero) is 1. The van der Waals surface area contributed by atoms with Gasteiger partial charge in [-0.25, -0.2) is 0 Å². The van der Waals surface area contributed by atoms with Gasteiger partial charge in [0.05, 0.1) is 0 Å². The van der Waals surface area contributed by atoms with E-state index in [2.05, 4.69) is 20.4 Å². The molecular weight excluding hydrogens is 148 g/mol. The van der Waals surface area contributed by atoms with E-state index >= 15 is 0 Å². The summed E-state index contributed by atoms with van der Waals surface area (Å²) in [6.07, 6.45) is 3.88. The minimum atomic E-state index is 0.311. The fraction of sp³-hybridized carbons (Fsp3) is 0.727. The molecule has 0 saturated heterocycles. The van der Waals surface area contributed by atoms with Crippen LogP contribution in [-0.4, -0.2) is 5.78 Å². The van der Waals surface area contributed by atoms with Crippen molar-refractivity contribution in [2.24, 2.45) is 23.2 Å². The Bertz CT molecular complexity index is 239. The standard InChI is InChI=1S/C11H16O/c1-4-5-7-6-8-9(10(7)12)11(8,2)3/h4,7-9H,1,5-6H2,2-3H3/t7-,8-,9-/m0/s1. The van der Waals surface area contributed by atoms with E-state index in [1.165, 1.54) is 0 Å². The molecule has 66 valence electrons. The lowest BCUT2D eigenvalue weighted by Gasteiger charge is -2.13. The second-order valence-corrected chi connectivity index (χ2v) is 4.76. The predicted molar refractivity (Wildman–Crippen MR) is 48.7 cm³/mol. The molecule has 12 heavy (non-hydrogen) atoms. The monoisotopic (exact) mass is 164 g/mol. The first-order valence-corrected chi connectivity index (χ1v) is 4.73. The number of hydrogen-bond acceptors (Lipinski definition) is 1. The Morgan fingerprint density at radius 3 is 2.75 bits per heavy atom. The summed E-state index contributed by atoms with van der Waals surface area (Å²) in [4.78, 5) is 11.7. The smallest absolute Gasteiger partial charge is 0.140 e. The second-order valence-electron chi connectivity index (χ2n) is 4.76. The molecule has 0 aromatic rings. The van der Waals surface area contributed by atoms with Crippen LogP contribution < -0.4 is 0 Å². The van der Waals surface area contributed by atoms with Gasteiger partial charge in [-0.3, -0.25) is 4.79 Å². The van der Waals surface area contributed by atoms with Crippen LogP contribution in [0.2, 0.25) is 0 Å². The molecule has 0 spiro atoms. The van der Waals surface area contributed by atoms with Gasteiger partial charge in [0, 0.05) is 11.8 Å². The van der Waals surface area contributed by atoms with E-state index in [0.29, 0.717) is 29.0 Å². The quantitative estimate of drug-likeness (QED) is 0.573. The molecule has 1 heteroatoms. The van der Waals surface area contributed by atoms with Crippen LogP contribution in [0.3, 0.4) is 0 Å². The van der Waals surface area contributed by atoms with Crippen LogP contribution in [0.25, 0.3) is 0 Å². The molecule has 2 fully saturated rings. The normalized spacial score (nSPS) is 42.5. The first kappa shape index (κ1) is 8.03. The molecule has 0 aromatic heterocycles. The van der Waals surface area contributed by atoms with Gasteiger partial charge >= 0.3 is 0 Å². The molecule has 0 aliphatic heterocycles. The van der Waals surface area contributed by atoms with Crippen molar-refractivity contribution < 1.29 is 4.79 Å². The van der Waals surface area contributed by atoms with Gasteiger partial charge < -0.3 is 0 Å². The molecule has 0 heterocycles. The Labute approximate surface area is 73.8 Å². The zero-order chi connectivity index (χ0) is 8.93. The minimum Gasteiger partial charge on any atom is -0.299 e. The summed E-state index contributed by atoms with van der Waals surface area (Å²) < 4.78 is 0. The molecule has 0 amide bonds. The lowest BCUT2D eigenvalue weighted by Crippen LogP contribution is -2.16. The highest BCUT2D eigenvalue weighted by molar-refractivity contribution is 5.90. The van der Waals surface area contributed by atoms with Crippen molar-refractivity contribution in [3.63, 3.8) is 0 Å². The zero-order valence-corrected chi connectivity index (χ0v) is 7.84. The number of carbonyl (C=O) groups is 1. The summed E-state index contributed by atoms with van der Waals surface area (Å²) in [7, 11) is 0. The molecular formula is C11H16O. The molecule has 0 N–H and O–H groups in total. The third kappa shape index (κ3) is 0.825. The summed E-state index contributed by atoms with van der Waals surface area (Å²) in [5.74, 6) is 1.90. The van der Waals surface area contributed by atoms with Crippen LogP contribution in [-0.2, 0) is 4.79 Å². The van der Waals surface area contributed by atoms with Crippen molar-refractivity contribution in [3.8, 4) is 0 Å². The zero-order valence-electron chi connectivity index (χ0n) is 7.84. The summed E-state index contributed by atoms with van der Waals surface area (Å²) in [6, 6.07) is 0. The Morgan fingerprint density at radius 1 is 1.67 bits per heavy atom. The van der Waals surface area contributed by atoms with Crippen LogP contribution in [0, 0.1) is 23.2 Å². The fourth-order valence-electron chi connectivity index (χ4n) is 2.84. The van der Waals surface area contributed by atoms with Crippen molar-refractivity contribution in [2.75, 3.05) is 0 Å². The predicted octanol–water partition coefficient (Wildman–Crippen LogP) is 2.42. The molecule has 0 unspecified atom stereocenters. The largest absolute Gasteiger partial charge is 0.299 e. The van der Waals surface area contributed by atoms with Crippen molar-refractivity contribution >= 4 is 5.78 Å². The molecule has 0 aromatic carbocycles. The maximum atomic E-state index is 11.7. The summed E-state index contributed by atoms with van der Waals surface area (Å²) in [6.45, 7) is 8.11. The van der Waals surface area contributed by atoms with Crippen molar-refractivity contribution in [3.05, 3.63) is 12.7 Å². The highest BCUT2D eigenvalue weighted by Crippen LogP contribution is 2.66. The SMILES string of the molecule is C=CC[C@H]1C[C@H]2[C@@H](C1=O)C2(C)C. The summed E-state index contributed by atoms with van der Waals surface area (Å²) in [5.41, 5.74) is 0.328. The van der Waals surface area contributed by atoms with E-state index < -0.39 is 0 Å². The van der Waals surface area contributed by atoms with Crippen LogP contribution in [0.4, 0.5) is 0 Å². The van der Waals surface area contributed by atoms with Gasteiger partial charge in [0.15, 0.2) is 0 Å². The van der Waals surface area contributed by atoms with E-state index in [1.54, 1.807) is 0 Å². The molecule has 2 saturated carbocycles. The van der Waals surface area contributed by atoms with Gasteiger partial charge in [0.25, 0.3) is 0 Å². The van der Waals surface area contributed by atoms with Crippen molar-refractivity contribution in [2.45, 2.75) is 26.7 Å². The van der Waals surface area contributed by atoms with Crippen molar-refractivity contribution in [1.29, 1.82) is 0 Å². The van der Waals surface area contributed by atoms with Crippen molar-refractivity contribution in [1.82, 2.24) is 0 Å². The summed E-state index contributed by atoms with van der Waals surface area (Å²) in [5, 5.41) is 0. The first-order valence-electron chi connectivity index (χ1n) is 4.73. The third-order valence-corrected chi connectivity index (χ3v) is 3.75. The molecule has 0 radical (unpaired) electrons. The molecule has 0 bridgehead atoms. The summed E-state index contributed by atoms with van der Waals surface area (Å²) >= 11 is 0. The number of allylic oxidation sites excluding steroid dienone is 1. The Kier molecular flexibility index (Phi) is 1.48. The third-order valence-electron chi connectivity index (χ3n) is 3.75. The van der Waals surface area contributed by atoms with Crippen LogP contribution in [0.1, 0.15) is 26.7 Å². The maximum Gasteiger partial charge on any atom is 0.140 e. The van der Waals surface area contributed by atoms with Gasteiger partial charge in [0.2, 0.25) is 0 Å². The lowest BCUT2D eigenvalue weighted by molar-refractivity contribution is -0.123. The number of rotatable bonds is 2. The minimum absolute atomic E-state index is 0.311. The molecule has 3 atom stereocenters. The maximum absolute atomic E-state index is 11.7. The van der Waals surface area contributed by atoms with Gasteiger partial charge in [-0.2, -0.15) is 0 Å². The number of ketones is 1. The highest BCUT2D eigenvalue weighted by atomic mass is 16.1. The van der Waals surface area contributed by atoms with Crippen LogP contribution in [0.15, 0.2) is 12.7 Å². The van der Waals surface area contributed by atoms with Gasteiger partial charge in [-0.15, -0.1) is 6.58 Å². The molecule has 2 aliphatic rings. The average Bonchev–Trinajstić information content (AvgIpc) is 2.36. The van der Waals surface area contributed by atoms with Gasteiger partial charge in [-0.05, 0) is 24.2 Å². The average molecular weight is 164 g/mol. The van der Waals surface area contributed by atoms with Crippen LogP contribution >= 0.6 is 0 Å². The first-order chi connectivity index (χ1) is 5.59. The number of carbonyl (C=O) groups excluding carboxylic acids is 1.